The van der Waals surface area contributed by atoms with E-state index in [4.69, 9.17) is 0 Å². The molecule has 1 aromatic rings. The highest BCUT2D eigenvalue weighted by atomic mass is 16.1. The minimum Gasteiger partial charge on any atom is -0.369 e. The zero-order valence-electron chi connectivity index (χ0n) is 12.4. The summed E-state index contributed by atoms with van der Waals surface area (Å²) in [6.07, 6.45) is 9.16. The van der Waals surface area contributed by atoms with Crippen LogP contribution < -0.4 is 10.6 Å². The fourth-order valence-corrected chi connectivity index (χ4v) is 2.67. The molecular formula is C15H24N4O. The van der Waals surface area contributed by atoms with Gasteiger partial charge in [0.2, 0.25) is 0 Å². The minimum absolute atomic E-state index is 0.128. The van der Waals surface area contributed by atoms with E-state index in [1.807, 2.05) is 0 Å². The maximum atomic E-state index is 12.2. The summed E-state index contributed by atoms with van der Waals surface area (Å²) in [4.78, 5) is 20.6. The summed E-state index contributed by atoms with van der Waals surface area (Å²) < 4.78 is 0. The summed E-state index contributed by atoms with van der Waals surface area (Å²) in [6, 6.07) is 0.207. The number of hydrogen-bond donors (Lipinski definition) is 2. The lowest BCUT2D eigenvalue weighted by atomic mass is 10.00. The molecule has 0 saturated heterocycles. The van der Waals surface area contributed by atoms with Crippen LogP contribution in [0, 0.1) is 5.92 Å². The van der Waals surface area contributed by atoms with Gasteiger partial charge in [-0.05, 0) is 32.1 Å². The highest BCUT2D eigenvalue weighted by molar-refractivity contribution is 5.92. The Morgan fingerprint density at radius 1 is 1.40 bits per heavy atom. The fraction of sp³-hybridized carbons (Fsp3) is 0.667. The molecule has 20 heavy (non-hydrogen) atoms. The largest absolute Gasteiger partial charge is 0.369 e. The van der Waals surface area contributed by atoms with Gasteiger partial charge in [-0.25, -0.2) is 4.98 Å². The number of anilines is 1. The second-order valence-corrected chi connectivity index (χ2v) is 5.52. The van der Waals surface area contributed by atoms with E-state index in [9.17, 15) is 4.79 Å². The van der Waals surface area contributed by atoms with E-state index in [1.165, 1.54) is 31.9 Å². The van der Waals surface area contributed by atoms with Gasteiger partial charge in [0, 0.05) is 12.6 Å². The highest BCUT2D eigenvalue weighted by Crippen LogP contribution is 2.27. The third kappa shape index (κ3) is 3.92. The Balaban J connectivity index is 1.94. The lowest BCUT2D eigenvalue weighted by molar-refractivity contribution is 0.0922. The molecule has 1 aliphatic carbocycles. The monoisotopic (exact) mass is 276 g/mol. The van der Waals surface area contributed by atoms with Crippen molar-refractivity contribution >= 4 is 11.7 Å². The van der Waals surface area contributed by atoms with Gasteiger partial charge in [-0.3, -0.25) is 9.78 Å². The zero-order chi connectivity index (χ0) is 14.4. The smallest absolute Gasteiger partial charge is 0.271 e. The van der Waals surface area contributed by atoms with Gasteiger partial charge in [0.1, 0.15) is 11.5 Å². The number of nitrogens with one attached hydrogen (secondary N) is 2. The molecule has 1 saturated carbocycles. The molecule has 1 amide bonds. The average Bonchev–Trinajstić information content (AvgIpc) is 2.99. The second-order valence-electron chi connectivity index (χ2n) is 5.52. The van der Waals surface area contributed by atoms with Crippen LogP contribution in [0.2, 0.25) is 0 Å². The van der Waals surface area contributed by atoms with Crippen LogP contribution in [0.4, 0.5) is 5.82 Å². The molecule has 0 bridgehead atoms. The number of rotatable bonds is 6. The number of amides is 1. The molecule has 5 heteroatoms. The van der Waals surface area contributed by atoms with Gasteiger partial charge in [0.05, 0.1) is 12.4 Å². The van der Waals surface area contributed by atoms with Gasteiger partial charge in [0.15, 0.2) is 0 Å². The maximum Gasteiger partial charge on any atom is 0.271 e. The third-order valence-electron chi connectivity index (χ3n) is 3.89. The molecule has 1 heterocycles. The van der Waals surface area contributed by atoms with Gasteiger partial charge in [-0.2, -0.15) is 0 Å². The Hall–Kier alpha value is -1.65. The number of aromatic nitrogens is 2. The summed E-state index contributed by atoms with van der Waals surface area (Å²) in [6.45, 7) is 5.00. The van der Waals surface area contributed by atoms with Crippen molar-refractivity contribution in [2.75, 3.05) is 11.9 Å². The van der Waals surface area contributed by atoms with E-state index >= 15 is 0 Å². The quantitative estimate of drug-likeness (QED) is 0.838. The van der Waals surface area contributed by atoms with Crippen molar-refractivity contribution in [3.8, 4) is 0 Å². The van der Waals surface area contributed by atoms with E-state index < -0.39 is 0 Å². The van der Waals surface area contributed by atoms with E-state index in [0.29, 0.717) is 17.4 Å². The van der Waals surface area contributed by atoms with Crippen LogP contribution >= 0.6 is 0 Å². The summed E-state index contributed by atoms with van der Waals surface area (Å²) in [5.41, 5.74) is 0.385. The number of carbonyl (C=O) groups excluding carboxylic acids is 1. The molecule has 1 unspecified atom stereocenters. The predicted molar refractivity (Wildman–Crippen MR) is 79.7 cm³/mol. The Bertz CT molecular complexity index is 443. The third-order valence-corrected chi connectivity index (χ3v) is 3.89. The van der Waals surface area contributed by atoms with Gasteiger partial charge >= 0.3 is 0 Å². The molecule has 0 aromatic carbocycles. The molecule has 1 aromatic heterocycles. The molecule has 5 nitrogen and oxygen atoms in total. The Morgan fingerprint density at radius 2 is 2.15 bits per heavy atom. The number of hydrogen-bond acceptors (Lipinski definition) is 4. The second kappa shape index (κ2) is 7.22. The van der Waals surface area contributed by atoms with E-state index in [0.717, 1.165) is 13.0 Å². The van der Waals surface area contributed by atoms with Crippen LogP contribution in [-0.2, 0) is 0 Å². The van der Waals surface area contributed by atoms with Crippen molar-refractivity contribution < 1.29 is 4.79 Å². The molecular weight excluding hydrogens is 252 g/mol. The van der Waals surface area contributed by atoms with Gasteiger partial charge in [-0.15, -0.1) is 0 Å². The van der Waals surface area contributed by atoms with Crippen molar-refractivity contribution in [1.82, 2.24) is 15.3 Å². The fourth-order valence-electron chi connectivity index (χ4n) is 2.67. The minimum atomic E-state index is -0.128. The number of carbonyl (C=O) groups is 1. The standard InChI is InChI=1S/C15H24N4O/c1-3-8-17-14-10-16-9-13(19-14)15(20)18-11(2)12-6-4-5-7-12/h9-12H,3-8H2,1-2H3,(H,17,19)(H,18,20). The first-order valence-electron chi connectivity index (χ1n) is 7.57. The molecule has 0 aliphatic heterocycles. The molecule has 1 aliphatic rings. The van der Waals surface area contributed by atoms with Crippen LogP contribution in [0.5, 0.6) is 0 Å². The summed E-state index contributed by atoms with van der Waals surface area (Å²) >= 11 is 0. The predicted octanol–water partition coefficient (Wildman–Crippen LogP) is 2.61. The number of nitrogens with zero attached hydrogens (tertiary/aromatic N) is 2. The first-order chi connectivity index (χ1) is 9.70. The maximum absolute atomic E-state index is 12.2. The summed E-state index contributed by atoms with van der Waals surface area (Å²) in [5, 5.41) is 6.20. The summed E-state index contributed by atoms with van der Waals surface area (Å²) in [7, 11) is 0. The topological polar surface area (TPSA) is 66.9 Å². The van der Waals surface area contributed by atoms with Gasteiger partial charge in [-0.1, -0.05) is 19.8 Å². The van der Waals surface area contributed by atoms with Gasteiger partial charge in [0.25, 0.3) is 5.91 Å². The molecule has 110 valence electrons. The van der Waals surface area contributed by atoms with Gasteiger partial charge < -0.3 is 10.6 Å². The average molecular weight is 276 g/mol. The van der Waals surface area contributed by atoms with Crippen molar-refractivity contribution in [1.29, 1.82) is 0 Å². The van der Waals surface area contributed by atoms with Crippen LogP contribution in [0.25, 0.3) is 0 Å². The molecule has 2 rings (SSSR count). The first kappa shape index (κ1) is 14.8. The van der Waals surface area contributed by atoms with Crippen molar-refractivity contribution in [2.24, 2.45) is 5.92 Å². The van der Waals surface area contributed by atoms with Crippen LogP contribution in [-0.4, -0.2) is 28.5 Å². The molecule has 1 fully saturated rings. The lowest BCUT2D eigenvalue weighted by Gasteiger charge is -2.20. The lowest BCUT2D eigenvalue weighted by Crippen LogP contribution is -2.37. The first-order valence-corrected chi connectivity index (χ1v) is 7.57. The van der Waals surface area contributed by atoms with Crippen molar-refractivity contribution in [2.45, 2.75) is 52.0 Å². The highest BCUT2D eigenvalue weighted by Gasteiger charge is 2.23. The van der Waals surface area contributed by atoms with Crippen molar-refractivity contribution in [3.05, 3.63) is 18.1 Å². The normalized spacial score (nSPS) is 16.9. The molecule has 2 N–H and O–H groups in total. The van der Waals surface area contributed by atoms with Crippen LogP contribution in [0.15, 0.2) is 12.4 Å². The van der Waals surface area contributed by atoms with Crippen molar-refractivity contribution in [3.63, 3.8) is 0 Å². The van der Waals surface area contributed by atoms with E-state index in [-0.39, 0.29) is 11.9 Å². The Labute approximate surface area is 120 Å². The Morgan fingerprint density at radius 3 is 2.85 bits per heavy atom. The summed E-state index contributed by atoms with van der Waals surface area (Å²) in [5.74, 6) is 1.14. The SMILES string of the molecule is CCCNc1cncc(C(=O)NC(C)C2CCCC2)n1. The van der Waals surface area contributed by atoms with Crippen LogP contribution in [0.1, 0.15) is 56.4 Å². The Kier molecular flexibility index (Phi) is 5.32. The molecule has 1 atom stereocenters. The molecule has 0 spiro atoms. The molecule has 0 radical (unpaired) electrons. The van der Waals surface area contributed by atoms with E-state index in [1.54, 1.807) is 6.20 Å². The zero-order valence-corrected chi connectivity index (χ0v) is 12.4. The van der Waals surface area contributed by atoms with E-state index in [2.05, 4.69) is 34.4 Å². The van der Waals surface area contributed by atoms with Crippen LogP contribution in [0.3, 0.4) is 0 Å².